The maximum Gasteiger partial charge on any atom is 0.354 e. The number of hydrogen-bond donors (Lipinski definition) is 2. The molecule has 2 aromatic rings. The van der Waals surface area contributed by atoms with Crippen LogP contribution in [0.5, 0.6) is 11.5 Å². The summed E-state index contributed by atoms with van der Waals surface area (Å²) in [5.41, 5.74) is 2.03. The lowest BCUT2D eigenvalue weighted by Gasteiger charge is -2.17. The largest absolute Gasteiger partial charge is 0.497 e. The quantitative estimate of drug-likeness (QED) is 0.842. The van der Waals surface area contributed by atoms with Gasteiger partial charge in [0, 0.05) is 11.6 Å². The van der Waals surface area contributed by atoms with Crippen molar-refractivity contribution in [2.45, 2.75) is 6.61 Å². The third kappa shape index (κ3) is 1.42. The number of fused-ring (bicyclic) bond motifs is 3. The molecule has 18 heavy (non-hydrogen) atoms. The van der Waals surface area contributed by atoms with Crippen LogP contribution in [0.3, 0.4) is 0 Å². The highest BCUT2D eigenvalue weighted by Crippen LogP contribution is 2.39. The van der Waals surface area contributed by atoms with Crippen molar-refractivity contribution in [3.63, 3.8) is 0 Å². The summed E-state index contributed by atoms with van der Waals surface area (Å²) in [5, 5.41) is 15.6. The van der Waals surface area contributed by atoms with Gasteiger partial charge in [-0.1, -0.05) is 0 Å². The standard InChI is InChI=1S/C12H10N2O4/c1-17-6-2-3-7-9(4-6)18-5-8-10(7)13-14-11(8)12(15)16/h2-4H,5H2,1H3,(H,13,14)(H,15,16). The van der Waals surface area contributed by atoms with E-state index in [1.807, 2.05) is 0 Å². The van der Waals surface area contributed by atoms with Gasteiger partial charge >= 0.3 is 5.97 Å². The fourth-order valence-corrected chi connectivity index (χ4v) is 2.00. The lowest BCUT2D eigenvalue weighted by molar-refractivity contribution is 0.0687. The van der Waals surface area contributed by atoms with Gasteiger partial charge in [0.05, 0.1) is 12.7 Å². The van der Waals surface area contributed by atoms with Crippen LogP contribution < -0.4 is 9.47 Å². The number of carboxylic acids is 1. The van der Waals surface area contributed by atoms with Gasteiger partial charge in [0.25, 0.3) is 0 Å². The Morgan fingerprint density at radius 2 is 2.39 bits per heavy atom. The summed E-state index contributed by atoms with van der Waals surface area (Å²) < 4.78 is 10.6. The number of carbonyl (C=O) groups is 1. The Kier molecular flexibility index (Phi) is 2.22. The molecule has 1 aliphatic heterocycles. The first-order valence-electron chi connectivity index (χ1n) is 5.32. The molecule has 92 valence electrons. The first-order chi connectivity index (χ1) is 8.70. The molecular formula is C12H10N2O4. The highest BCUT2D eigenvalue weighted by Gasteiger charge is 2.26. The number of rotatable bonds is 2. The predicted octanol–water partition coefficient (Wildman–Crippen LogP) is 1.68. The molecule has 0 radical (unpaired) electrons. The minimum atomic E-state index is -1.04. The lowest BCUT2D eigenvalue weighted by Crippen LogP contribution is -2.09. The first kappa shape index (κ1) is 10.6. The molecule has 3 rings (SSSR count). The van der Waals surface area contributed by atoms with Crippen molar-refractivity contribution < 1.29 is 19.4 Å². The van der Waals surface area contributed by atoms with E-state index < -0.39 is 5.97 Å². The molecule has 1 aromatic carbocycles. The average molecular weight is 246 g/mol. The van der Waals surface area contributed by atoms with Crippen LogP contribution in [-0.2, 0) is 6.61 Å². The molecule has 0 amide bonds. The Balaban J connectivity index is 2.15. The zero-order valence-electron chi connectivity index (χ0n) is 9.56. The summed E-state index contributed by atoms with van der Waals surface area (Å²) in [7, 11) is 1.58. The fraction of sp³-hybridized carbons (Fsp3) is 0.167. The number of aromatic amines is 1. The van der Waals surface area contributed by atoms with Crippen LogP contribution in [0.1, 0.15) is 16.1 Å². The Hall–Kier alpha value is -2.50. The number of H-pyrrole nitrogens is 1. The molecule has 0 atom stereocenters. The molecule has 0 bridgehead atoms. The van der Waals surface area contributed by atoms with Gasteiger partial charge in [-0.25, -0.2) is 4.79 Å². The Labute approximate surface area is 102 Å². The number of nitrogens with zero attached hydrogens (tertiary/aromatic N) is 1. The topological polar surface area (TPSA) is 84.4 Å². The van der Waals surface area contributed by atoms with E-state index in [0.717, 1.165) is 5.56 Å². The van der Waals surface area contributed by atoms with E-state index in [2.05, 4.69) is 10.2 Å². The van der Waals surface area contributed by atoms with Crippen molar-refractivity contribution in [2.24, 2.45) is 0 Å². The highest BCUT2D eigenvalue weighted by molar-refractivity contribution is 5.90. The smallest absolute Gasteiger partial charge is 0.354 e. The normalized spacial score (nSPS) is 12.3. The number of hydrogen-bond acceptors (Lipinski definition) is 4. The molecule has 1 aliphatic rings. The maximum atomic E-state index is 11.0. The molecule has 2 heterocycles. The van der Waals surface area contributed by atoms with Crippen LogP contribution in [0.2, 0.25) is 0 Å². The molecule has 1 aromatic heterocycles. The van der Waals surface area contributed by atoms with Crippen LogP contribution >= 0.6 is 0 Å². The van der Waals surface area contributed by atoms with Crippen molar-refractivity contribution in [1.29, 1.82) is 0 Å². The van der Waals surface area contributed by atoms with Gasteiger partial charge in [0.2, 0.25) is 0 Å². The van der Waals surface area contributed by atoms with E-state index in [1.54, 1.807) is 25.3 Å². The maximum absolute atomic E-state index is 11.0. The van der Waals surface area contributed by atoms with E-state index in [4.69, 9.17) is 14.6 Å². The van der Waals surface area contributed by atoms with Crippen LogP contribution in [0.4, 0.5) is 0 Å². The highest BCUT2D eigenvalue weighted by atomic mass is 16.5. The Morgan fingerprint density at radius 3 is 3.11 bits per heavy atom. The average Bonchev–Trinajstić information content (AvgIpc) is 2.82. The second kappa shape index (κ2) is 3.76. The van der Waals surface area contributed by atoms with Gasteiger partial charge < -0.3 is 14.6 Å². The monoisotopic (exact) mass is 246 g/mol. The number of aromatic nitrogens is 2. The van der Waals surface area contributed by atoms with Crippen molar-refractivity contribution in [3.8, 4) is 22.8 Å². The second-order valence-corrected chi connectivity index (χ2v) is 3.88. The third-order valence-corrected chi connectivity index (χ3v) is 2.90. The zero-order valence-corrected chi connectivity index (χ0v) is 9.56. The van der Waals surface area contributed by atoms with E-state index in [0.29, 0.717) is 22.8 Å². The van der Waals surface area contributed by atoms with Crippen molar-refractivity contribution in [2.75, 3.05) is 7.11 Å². The summed E-state index contributed by atoms with van der Waals surface area (Å²) in [5.74, 6) is 0.292. The van der Waals surface area contributed by atoms with Crippen molar-refractivity contribution in [3.05, 3.63) is 29.5 Å². The molecule has 6 heteroatoms. The fourth-order valence-electron chi connectivity index (χ4n) is 2.00. The number of benzene rings is 1. The Morgan fingerprint density at radius 1 is 1.56 bits per heavy atom. The molecule has 0 fully saturated rings. The van der Waals surface area contributed by atoms with Gasteiger partial charge in [-0.05, 0) is 12.1 Å². The van der Waals surface area contributed by atoms with Gasteiger partial charge in [-0.2, -0.15) is 5.10 Å². The van der Waals surface area contributed by atoms with Crippen molar-refractivity contribution in [1.82, 2.24) is 10.2 Å². The van der Waals surface area contributed by atoms with E-state index >= 15 is 0 Å². The molecule has 0 aliphatic carbocycles. The van der Waals surface area contributed by atoms with Crippen LogP contribution in [0.15, 0.2) is 18.2 Å². The molecule has 0 spiro atoms. The predicted molar refractivity (Wildman–Crippen MR) is 61.9 cm³/mol. The number of ether oxygens (including phenoxy) is 2. The molecule has 0 saturated carbocycles. The van der Waals surface area contributed by atoms with E-state index in [9.17, 15) is 4.79 Å². The minimum Gasteiger partial charge on any atom is -0.497 e. The first-order valence-corrected chi connectivity index (χ1v) is 5.32. The molecule has 0 unspecified atom stereocenters. The third-order valence-electron chi connectivity index (χ3n) is 2.90. The van der Waals surface area contributed by atoms with Crippen molar-refractivity contribution >= 4 is 5.97 Å². The molecular weight excluding hydrogens is 236 g/mol. The summed E-state index contributed by atoms with van der Waals surface area (Å²) in [4.78, 5) is 11.0. The van der Waals surface area contributed by atoms with Gasteiger partial charge in [0.15, 0.2) is 5.69 Å². The summed E-state index contributed by atoms with van der Waals surface area (Å²) in [6.45, 7) is 0.188. The van der Waals surface area contributed by atoms with Crippen LogP contribution in [0, 0.1) is 0 Å². The number of aromatic carboxylic acids is 1. The minimum absolute atomic E-state index is 0.0754. The summed E-state index contributed by atoms with van der Waals surface area (Å²) in [6.07, 6.45) is 0. The van der Waals surface area contributed by atoms with E-state index in [1.165, 1.54) is 0 Å². The SMILES string of the molecule is COc1ccc2c(c1)OCc1c-2n[nH]c1C(=O)O. The van der Waals surface area contributed by atoms with Gasteiger partial charge in [-0.3, -0.25) is 5.10 Å². The number of carboxylic acid groups (broad SMARTS) is 1. The molecule has 0 saturated heterocycles. The van der Waals surface area contributed by atoms with Crippen LogP contribution in [-0.4, -0.2) is 28.4 Å². The summed E-state index contributed by atoms with van der Waals surface area (Å²) in [6, 6.07) is 5.35. The zero-order chi connectivity index (χ0) is 12.7. The second-order valence-electron chi connectivity index (χ2n) is 3.88. The Bertz CT molecular complexity index is 633. The molecule has 2 N–H and O–H groups in total. The van der Waals surface area contributed by atoms with Gasteiger partial charge in [0.1, 0.15) is 23.8 Å². The van der Waals surface area contributed by atoms with Gasteiger partial charge in [-0.15, -0.1) is 0 Å². The number of nitrogens with one attached hydrogen (secondary N) is 1. The molecule has 6 nitrogen and oxygen atoms in total. The number of methoxy groups -OCH3 is 1. The van der Waals surface area contributed by atoms with E-state index in [-0.39, 0.29) is 12.3 Å². The van der Waals surface area contributed by atoms with Crippen LogP contribution in [0.25, 0.3) is 11.3 Å². The summed E-state index contributed by atoms with van der Waals surface area (Å²) >= 11 is 0. The lowest BCUT2D eigenvalue weighted by atomic mass is 10.0.